The van der Waals surface area contributed by atoms with Gasteiger partial charge < -0.3 is 25.4 Å². The predicted molar refractivity (Wildman–Crippen MR) is 119 cm³/mol. The van der Waals surface area contributed by atoms with Gasteiger partial charge in [-0.15, -0.1) is 0 Å². The van der Waals surface area contributed by atoms with Crippen molar-refractivity contribution in [3.63, 3.8) is 0 Å². The molecule has 0 saturated heterocycles. The van der Waals surface area contributed by atoms with Gasteiger partial charge in [0.15, 0.2) is 17.5 Å². The maximum atomic E-state index is 12.0. The zero-order valence-corrected chi connectivity index (χ0v) is 18.6. The van der Waals surface area contributed by atoms with Gasteiger partial charge in [0.1, 0.15) is 6.54 Å². The van der Waals surface area contributed by atoms with Crippen molar-refractivity contribution in [2.24, 2.45) is 4.99 Å². The molecule has 0 heterocycles. The van der Waals surface area contributed by atoms with Crippen LogP contribution in [0.1, 0.15) is 57.4 Å². The Hall–Kier alpha value is -2.44. The Bertz CT molecular complexity index is 740. The Kier molecular flexibility index (Phi) is 7.82. The smallest absolute Gasteiger partial charge is 0.242 e. The molecule has 0 spiro atoms. The standard InChI is InChI=1S/C23H36N4O3/c1-4-24-22(25-15-21(28)27-18-9-10-18)26-16-23(12-6-5-7-13-23)17-8-11-19(29-2)20(14-17)30-3/h8,11,14,18H,4-7,9-10,12-13,15-16H2,1-3H3,(H,27,28)(H2,24,25,26). The Morgan fingerprint density at radius 2 is 1.83 bits per heavy atom. The molecule has 7 nitrogen and oxygen atoms in total. The minimum absolute atomic E-state index is 0.00423. The van der Waals surface area contributed by atoms with E-state index in [1.54, 1.807) is 14.2 Å². The van der Waals surface area contributed by atoms with Crippen LogP contribution in [-0.4, -0.2) is 51.8 Å². The maximum Gasteiger partial charge on any atom is 0.242 e. The summed E-state index contributed by atoms with van der Waals surface area (Å²) in [6, 6.07) is 6.62. The molecule has 7 heteroatoms. The van der Waals surface area contributed by atoms with E-state index in [2.05, 4.69) is 33.1 Å². The number of hydrogen-bond acceptors (Lipinski definition) is 4. The first-order chi connectivity index (χ1) is 14.6. The largest absolute Gasteiger partial charge is 0.493 e. The second-order valence-electron chi connectivity index (χ2n) is 8.30. The van der Waals surface area contributed by atoms with Crippen molar-refractivity contribution in [2.45, 2.75) is 63.3 Å². The van der Waals surface area contributed by atoms with Gasteiger partial charge in [-0.3, -0.25) is 4.79 Å². The van der Waals surface area contributed by atoms with E-state index in [4.69, 9.17) is 9.47 Å². The van der Waals surface area contributed by atoms with Crippen molar-refractivity contribution >= 4 is 11.9 Å². The summed E-state index contributed by atoms with van der Waals surface area (Å²) in [7, 11) is 3.34. The van der Waals surface area contributed by atoms with Crippen molar-refractivity contribution in [3.05, 3.63) is 23.8 Å². The van der Waals surface area contributed by atoms with Crippen molar-refractivity contribution in [1.29, 1.82) is 0 Å². The molecule has 0 aliphatic heterocycles. The first-order valence-electron chi connectivity index (χ1n) is 11.1. The average molecular weight is 417 g/mol. The highest BCUT2D eigenvalue weighted by Gasteiger charge is 2.35. The van der Waals surface area contributed by atoms with Crippen LogP contribution >= 0.6 is 0 Å². The highest BCUT2D eigenvalue weighted by Crippen LogP contribution is 2.42. The molecule has 1 aromatic carbocycles. The molecule has 3 N–H and O–H groups in total. The molecule has 30 heavy (non-hydrogen) atoms. The topological polar surface area (TPSA) is 84.0 Å². The van der Waals surface area contributed by atoms with Gasteiger partial charge in [0.2, 0.25) is 5.91 Å². The van der Waals surface area contributed by atoms with Crippen molar-refractivity contribution < 1.29 is 14.3 Å². The van der Waals surface area contributed by atoms with Crippen molar-refractivity contribution in [2.75, 3.05) is 33.9 Å². The highest BCUT2D eigenvalue weighted by atomic mass is 16.5. The number of benzene rings is 1. The number of amides is 1. The Morgan fingerprint density at radius 1 is 1.10 bits per heavy atom. The number of hydrogen-bond donors (Lipinski definition) is 3. The van der Waals surface area contributed by atoms with E-state index in [-0.39, 0.29) is 17.9 Å². The number of carbonyl (C=O) groups is 1. The third kappa shape index (κ3) is 5.80. The molecule has 2 aliphatic carbocycles. The lowest BCUT2D eigenvalue weighted by atomic mass is 9.69. The first kappa shape index (κ1) is 22.2. The number of rotatable bonds is 9. The highest BCUT2D eigenvalue weighted by molar-refractivity contribution is 5.85. The van der Waals surface area contributed by atoms with E-state index in [9.17, 15) is 4.79 Å². The van der Waals surface area contributed by atoms with E-state index in [1.807, 2.05) is 13.0 Å². The second-order valence-corrected chi connectivity index (χ2v) is 8.30. The zero-order valence-electron chi connectivity index (χ0n) is 18.6. The molecule has 0 aromatic heterocycles. The SMILES string of the molecule is CCNC(=NCC(=O)NC1CC1)NCC1(c2ccc(OC)c(OC)c2)CCCCC1. The molecule has 0 radical (unpaired) electrons. The van der Waals surface area contributed by atoms with Crippen molar-refractivity contribution in [1.82, 2.24) is 16.0 Å². The fourth-order valence-electron chi connectivity index (χ4n) is 4.21. The summed E-state index contributed by atoms with van der Waals surface area (Å²) in [6.07, 6.45) is 8.06. The number of nitrogens with one attached hydrogen (secondary N) is 3. The fourth-order valence-corrected chi connectivity index (χ4v) is 4.21. The number of methoxy groups -OCH3 is 2. The van der Waals surface area contributed by atoms with E-state index in [0.717, 1.165) is 50.3 Å². The summed E-state index contributed by atoms with van der Waals surface area (Å²) in [6.45, 7) is 3.69. The molecular weight excluding hydrogens is 380 g/mol. The lowest BCUT2D eigenvalue weighted by molar-refractivity contribution is -0.119. The van der Waals surface area contributed by atoms with Gasteiger partial charge in [-0.1, -0.05) is 25.3 Å². The second kappa shape index (κ2) is 10.5. The maximum absolute atomic E-state index is 12.0. The van der Waals surface area contributed by atoms with Crippen LogP contribution in [0.2, 0.25) is 0 Å². The van der Waals surface area contributed by atoms with Crippen LogP contribution < -0.4 is 25.4 Å². The summed E-state index contributed by atoms with van der Waals surface area (Å²) in [4.78, 5) is 16.5. The lowest BCUT2D eigenvalue weighted by Crippen LogP contribution is -2.47. The minimum atomic E-state index is -0.0121. The third-order valence-corrected chi connectivity index (χ3v) is 6.07. The first-order valence-corrected chi connectivity index (χ1v) is 11.1. The predicted octanol–water partition coefficient (Wildman–Crippen LogP) is 2.74. The lowest BCUT2D eigenvalue weighted by Gasteiger charge is -2.38. The number of nitrogens with zero attached hydrogens (tertiary/aromatic N) is 1. The van der Waals surface area contributed by atoms with Crippen LogP contribution in [0.4, 0.5) is 0 Å². The quantitative estimate of drug-likeness (QED) is 0.426. The molecular formula is C23H36N4O3. The van der Waals surface area contributed by atoms with Crippen LogP contribution in [0, 0.1) is 0 Å². The zero-order chi connectivity index (χ0) is 21.4. The molecule has 2 fully saturated rings. The summed E-state index contributed by atoms with van der Waals surface area (Å²) in [5, 5.41) is 9.76. The van der Waals surface area contributed by atoms with Gasteiger partial charge in [0.25, 0.3) is 0 Å². The van der Waals surface area contributed by atoms with Crippen LogP contribution in [-0.2, 0) is 10.2 Å². The van der Waals surface area contributed by atoms with Gasteiger partial charge in [-0.2, -0.15) is 0 Å². The monoisotopic (exact) mass is 416 g/mol. The summed E-state index contributed by atoms with van der Waals surface area (Å²) in [5.41, 5.74) is 1.26. The van der Waals surface area contributed by atoms with E-state index < -0.39 is 0 Å². The molecule has 0 atom stereocenters. The molecule has 0 bridgehead atoms. The Balaban J connectivity index is 1.73. The van der Waals surface area contributed by atoms with Crippen LogP contribution in [0.5, 0.6) is 11.5 Å². The summed E-state index contributed by atoms with van der Waals surface area (Å²) < 4.78 is 11.0. The normalized spacial score (nSPS) is 18.4. The van der Waals surface area contributed by atoms with E-state index >= 15 is 0 Å². The van der Waals surface area contributed by atoms with Crippen LogP contribution in [0.25, 0.3) is 0 Å². The van der Waals surface area contributed by atoms with Crippen LogP contribution in [0.15, 0.2) is 23.2 Å². The molecule has 166 valence electrons. The van der Waals surface area contributed by atoms with Gasteiger partial charge in [-0.25, -0.2) is 4.99 Å². The number of guanidine groups is 1. The summed E-state index contributed by atoms with van der Waals surface area (Å²) in [5.74, 6) is 2.19. The average Bonchev–Trinajstić information content (AvgIpc) is 3.59. The number of carbonyl (C=O) groups excluding carboxylic acids is 1. The molecule has 3 rings (SSSR count). The minimum Gasteiger partial charge on any atom is -0.493 e. The fraction of sp³-hybridized carbons (Fsp3) is 0.652. The Labute approximate surface area is 180 Å². The van der Waals surface area contributed by atoms with Crippen LogP contribution in [0.3, 0.4) is 0 Å². The molecule has 0 unspecified atom stereocenters. The van der Waals surface area contributed by atoms with E-state index in [0.29, 0.717) is 12.0 Å². The number of ether oxygens (including phenoxy) is 2. The molecule has 2 aliphatic rings. The third-order valence-electron chi connectivity index (χ3n) is 6.07. The summed E-state index contributed by atoms with van der Waals surface area (Å²) >= 11 is 0. The number of aliphatic imine (C=N–C) groups is 1. The molecule has 1 aromatic rings. The van der Waals surface area contributed by atoms with Gasteiger partial charge in [0, 0.05) is 24.5 Å². The Morgan fingerprint density at radius 3 is 2.47 bits per heavy atom. The van der Waals surface area contributed by atoms with Gasteiger partial charge in [0.05, 0.1) is 14.2 Å². The van der Waals surface area contributed by atoms with Gasteiger partial charge in [-0.05, 0) is 50.3 Å². The molecule has 1 amide bonds. The van der Waals surface area contributed by atoms with E-state index in [1.165, 1.54) is 24.8 Å². The van der Waals surface area contributed by atoms with Crippen molar-refractivity contribution in [3.8, 4) is 11.5 Å². The molecule has 2 saturated carbocycles. The van der Waals surface area contributed by atoms with Gasteiger partial charge >= 0.3 is 0 Å².